The summed E-state index contributed by atoms with van der Waals surface area (Å²) in [5.74, 6) is -1.14. The summed E-state index contributed by atoms with van der Waals surface area (Å²) in [6.45, 7) is 6.63. The van der Waals surface area contributed by atoms with E-state index >= 15 is 0 Å². The molecule has 3 amide bonds. The van der Waals surface area contributed by atoms with Crippen LogP contribution in [-0.2, 0) is 23.9 Å². The van der Waals surface area contributed by atoms with Crippen molar-refractivity contribution in [2.75, 3.05) is 32.2 Å². The van der Waals surface area contributed by atoms with Gasteiger partial charge >= 0.3 is 12.1 Å². The lowest BCUT2D eigenvalue weighted by molar-refractivity contribution is -0.144. The summed E-state index contributed by atoms with van der Waals surface area (Å²) in [6, 6.07) is 3.80. The molecule has 0 fully saturated rings. The van der Waals surface area contributed by atoms with Crippen molar-refractivity contribution in [1.82, 2.24) is 15.5 Å². The molecule has 2 atom stereocenters. The number of alkyl carbamates (subject to hydrolysis) is 1. The summed E-state index contributed by atoms with van der Waals surface area (Å²) in [7, 11) is 1.20. The molecule has 0 radical (unpaired) electrons. The van der Waals surface area contributed by atoms with Crippen LogP contribution in [-0.4, -0.2) is 77.7 Å². The number of carbonyl (C=O) groups is 4. The fraction of sp³-hybridized carbons (Fsp3) is 0.565. The van der Waals surface area contributed by atoms with Crippen LogP contribution < -0.4 is 10.6 Å². The first-order valence-electron chi connectivity index (χ1n) is 10.9. The number of aromatic hydroxyl groups is 1. The van der Waals surface area contributed by atoms with E-state index in [0.29, 0.717) is 17.7 Å². The number of rotatable bonds is 11. The van der Waals surface area contributed by atoms with Gasteiger partial charge in [-0.15, -0.1) is 0 Å². The SMILES string of the molecule is CCN(C(=O)C(CCSC)NC(=O)OC(C)(C)C)C(C(=O)NCC(=O)OC)c1ccc(O)cc1. The number of esters is 1. The number of carbonyl (C=O) groups excluding carboxylic acids is 4. The van der Waals surface area contributed by atoms with Crippen LogP contribution in [0.2, 0.25) is 0 Å². The molecule has 190 valence electrons. The average molecular weight is 498 g/mol. The fourth-order valence-corrected chi connectivity index (χ4v) is 3.54. The summed E-state index contributed by atoms with van der Waals surface area (Å²) >= 11 is 1.51. The standard InChI is InChI=1S/C23H35N3O7S/c1-7-26(21(30)17(12-13-34-6)25-22(31)33-23(2,3)4)19(15-8-10-16(27)11-9-15)20(29)24-14-18(28)32-5/h8-11,17,19,27H,7,12-14H2,1-6H3,(H,24,29)(H,25,31). The van der Waals surface area contributed by atoms with Gasteiger partial charge in [0.05, 0.1) is 7.11 Å². The first kappa shape index (κ1) is 29.1. The quantitative estimate of drug-likeness (QED) is 0.396. The van der Waals surface area contributed by atoms with E-state index in [1.165, 1.54) is 48.0 Å². The number of methoxy groups -OCH3 is 1. The highest BCUT2D eigenvalue weighted by molar-refractivity contribution is 7.98. The van der Waals surface area contributed by atoms with Crippen molar-refractivity contribution < 1.29 is 33.8 Å². The molecule has 0 heterocycles. The van der Waals surface area contributed by atoms with Crippen molar-refractivity contribution >= 4 is 35.6 Å². The maximum absolute atomic E-state index is 13.6. The smallest absolute Gasteiger partial charge is 0.408 e. The lowest BCUT2D eigenvalue weighted by Gasteiger charge is -2.33. The number of thioether (sulfide) groups is 1. The summed E-state index contributed by atoms with van der Waals surface area (Å²) in [6.07, 6.45) is 1.47. The van der Waals surface area contributed by atoms with E-state index in [1.54, 1.807) is 27.7 Å². The van der Waals surface area contributed by atoms with Crippen molar-refractivity contribution in [3.8, 4) is 5.75 Å². The van der Waals surface area contributed by atoms with Crippen molar-refractivity contribution in [2.24, 2.45) is 0 Å². The Balaban J connectivity index is 3.28. The van der Waals surface area contributed by atoms with Gasteiger partial charge < -0.3 is 30.1 Å². The second kappa shape index (κ2) is 13.7. The summed E-state index contributed by atoms with van der Waals surface area (Å²) < 4.78 is 9.88. The van der Waals surface area contributed by atoms with E-state index in [-0.39, 0.29) is 18.8 Å². The van der Waals surface area contributed by atoms with Gasteiger partial charge in [0.2, 0.25) is 11.8 Å². The topological polar surface area (TPSA) is 134 Å². The highest BCUT2D eigenvalue weighted by Gasteiger charge is 2.35. The highest BCUT2D eigenvalue weighted by Crippen LogP contribution is 2.25. The number of likely N-dealkylation sites (N-methyl/N-ethyl adjacent to an activating group) is 1. The molecule has 0 spiro atoms. The number of nitrogens with one attached hydrogen (secondary N) is 2. The zero-order valence-corrected chi connectivity index (χ0v) is 21.4. The summed E-state index contributed by atoms with van der Waals surface area (Å²) in [5, 5.41) is 14.8. The first-order valence-corrected chi connectivity index (χ1v) is 12.2. The largest absolute Gasteiger partial charge is 0.508 e. The number of ether oxygens (including phenoxy) is 2. The van der Waals surface area contributed by atoms with Gasteiger partial charge in [0.15, 0.2) is 0 Å². The Kier molecular flexibility index (Phi) is 11.7. The molecule has 0 aliphatic carbocycles. The van der Waals surface area contributed by atoms with Crippen molar-refractivity contribution in [1.29, 1.82) is 0 Å². The van der Waals surface area contributed by atoms with Gasteiger partial charge in [-0.05, 0) is 63.8 Å². The van der Waals surface area contributed by atoms with Crippen LogP contribution >= 0.6 is 11.8 Å². The van der Waals surface area contributed by atoms with Crippen LogP contribution in [0.15, 0.2) is 24.3 Å². The van der Waals surface area contributed by atoms with Gasteiger partial charge in [-0.3, -0.25) is 14.4 Å². The average Bonchev–Trinajstić information content (AvgIpc) is 2.77. The van der Waals surface area contributed by atoms with E-state index in [0.717, 1.165) is 0 Å². The minimum absolute atomic E-state index is 0.00344. The number of hydrogen-bond donors (Lipinski definition) is 3. The number of amides is 3. The monoisotopic (exact) mass is 497 g/mol. The van der Waals surface area contributed by atoms with E-state index in [1.807, 2.05) is 6.26 Å². The molecule has 34 heavy (non-hydrogen) atoms. The first-order chi connectivity index (χ1) is 15.9. The Morgan fingerprint density at radius 2 is 1.76 bits per heavy atom. The van der Waals surface area contributed by atoms with Gasteiger partial charge in [-0.1, -0.05) is 12.1 Å². The van der Waals surface area contributed by atoms with Crippen molar-refractivity contribution in [3.63, 3.8) is 0 Å². The van der Waals surface area contributed by atoms with Crippen LogP contribution in [0, 0.1) is 0 Å². The molecule has 0 bridgehead atoms. The third-order valence-electron chi connectivity index (χ3n) is 4.63. The molecular formula is C23H35N3O7S. The second-order valence-electron chi connectivity index (χ2n) is 8.39. The van der Waals surface area contributed by atoms with Gasteiger partial charge in [-0.25, -0.2) is 4.79 Å². The zero-order chi connectivity index (χ0) is 25.9. The van der Waals surface area contributed by atoms with Crippen LogP contribution in [0.5, 0.6) is 5.75 Å². The summed E-state index contributed by atoms with van der Waals surface area (Å²) in [4.78, 5) is 52.0. The number of hydrogen-bond acceptors (Lipinski definition) is 8. The van der Waals surface area contributed by atoms with Crippen LogP contribution in [0.3, 0.4) is 0 Å². The molecule has 1 aromatic rings. The highest BCUT2D eigenvalue weighted by atomic mass is 32.2. The molecular weight excluding hydrogens is 462 g/mol. The molecule has 2 unspecified atom stereocenters. The van der Waals surface area contributed by atoms with Gasteiger partial charge in [0, 0.05) is 6.54 Å². The van der Waals surface area contributed by atoms with Crippen molar-refractivity contribution in [3.05, 3.63) is 29.8 Å². The van der Waals surface area contributed by atoms with E-state index < -0.39 is 41.6 Å². The Hall–Kier alpha value is -2.95. The molecule has 0 saturated carbocycles. The normalized spacial score (nSPS) is 12.8. The van der Waals surface area contributed by atoms with Gasteiger partial charge in [0.1, 0.15) is 30.0 Å². The van der Waals surface area contributed by atoms with E-state index in [9.17, 15) is 24.3 Å². The molecule has 11 heteroatoms. The van der Waals surface area contributed by atoms with Crippen molar-refractivity contribution in [2.45, 2.75) is 51.8 Å². The van der Waals surface area contributed by atoms with Crippen LogP contribution in [0.4, 0.5) is 4.79 Å². The Morgan fingerprint density at radius 3 is 2.26 bits per heavy atom. The Morgan fingerprint density at radius 1 is 1.15 bits per heavy atom. The maximum atomic E-state index is 13.6. The number of benzene rings is 1. The van der Waals surface area contributed by atoms with Gasteiger partial charge in [-0.2, -0.15) is 11.8 Å². The van der Waals surface area contributed by atoms with Crippen LogP contribution in [0.1, 0.15) is 45.7 Å². The van der Waals surface area contributed by atoms with E-state index in [2.05, 4.69) is 15.4 Å². The molecule has 0 aromatic heterocycles. The number of nitrogens with zero attached hydrogens (tertiary/aromatic N) is 1. The number of phenolic OH excluding ortho intramolecular Hbond substituents is 1. The fourth-order valence-electron chi connectivity index (χ4n) is 3.07. The van der Waals surface area contributed by atoms with E-state index in [4.69, 9.17) is 4.74 Å². The predicted molar refractivity (Wildman–Crippen MR) is 129 cm³/mol. The predicted octanol–water partition coefficient (Wildman–Crippen LogP) is 2.22. The molecule has 0 aliphatic rings. The maximum Gasteiger partial charge on any atom is 0.408 e. The minimum Gasteiger partial charge on any atom is -0.508 e. The molecule has 0 saturated heterocycles. The lowest BCUT2D eigenvalue weighted by Crippen LogP contribution is -2.53. The minimum atomic E-state index is -1.11. The Labute approximate surface area is 204 Å². The Bertz CT molecular complexity index is 840. The van der Waals surface area contributed by atoms with Gasteiger partial charge in [0.25, 0.3) is 0 Å². The van der Waals surface area contributed by atoms with Crippen LogP contribution in [0.25, 0.3) is 0 Å². The molecule has 10 nitrogen and oxygen atoms in total. The zero-order valence-electron chi connectivity index (χ0n) is 20.5. The molecule has 0 aliphatic heterocycles. The molecule has 1 rings (SSSR count). The molecule has 3 N–H and O–H groups in total. The second-order valence-corrected chi connectivity index (χ2v) is 9.38. The lowest BCUT2D eigenvalue weighted by atomic mass is 10.0. The third kappa shape index (κ3) is 9.50. The number of phenols is 1. The summed E-state index contributed by atoms with van der Waals surface area (Å²) in [5.41, 5.74) is -0.319. The third-order valence-corrected chi connectivity index (χ3v) is 5.27. The molecule has 1 aromatic carbocycles.